The highest BCUT2D eigenvalue weighted by Crippen LogP contribution is 2.19. The van der Waals surface area contributed by atoms with E-state index in [1.807, 2.05) is 0 Å². The lowest BCUT2D eigenvalue weighted by Gasteiger charge is -2.17. The molecule has 0 saturated carbocycles. The summed E-state index contributed by atoms with van der Waals surface area (Å²) in [4.78, 5) is 10.1. The molecule has 0 bridgehead atoms. The Morgan fingerprint density at radius 3 is 2.82 bits per heavy atom. The first kappa shape index (κ1) is 7.65. The lowest BCUT2D eigenvalue weighted by atomic mass is 10.5. The molecule has 0 aromatic carbocycles. The molecule has 60 valence electrons. The maximum Gasteiger partial charge on any atom is 0.524 e. The minimum atomic E-state index is -0.693. The Balaban J connectivity index is 2.39. The average Bonchev–Trinajstić information content (AvgIpc) is 1.94. The molecule has 4 nitrogen and oxygen atoms in total. The van der Waals surface area contributed by atoms with Crippen LogP contribution in [0.4, 0.5) is 4.79 Å². The van der Waals surface area contributed by atoms with Gasteiger partial charge in [-0.2, -0.15) is 0 Å². The molecule has 0 aromatic heterocycles. The number of rotatable bonds is 3. The van der Waals surface area contributed by atoms with E-state index < -0.39 is 6.16 Å². The van der Waals surface area contributed by atoms with Gasteiger partial charge in [-0.05, 0) is 0 Å². The van der Waals surface area contributed by atoms with E-state index in [1.54, 1.807) is 13.0 Å². The molecule has 1 aliphatic heterocycles. The third-order valence-corrected chi connectivity index (χ3v) is 1.06. The van der Waals surface area contributed by atoms with Crippen LogP contribution >= 0.6 is 0 Å². The fourth-order valence-electron chi connectivity index (χ4n) is 0.546. The standard InChI is InChI=1S/C7H8O4/c1-3-4-9-5(2)6-10-7(8)11-6/h3H,1,4H2,2H3. The van der Waals surface area contributed by atoms with Crippen molar-refractivity contribution in [1.29, 1.82) is 0 Å². The molecule has 1 rings (SSSR count). The van der Waals surface area contributed by atoms with E-state index in [2.05, 4.69) is 16.1 Å². The third kappa shape index (κ3) is 1.73. The Kier molecular flexibility index (Phi) is 2.15. The number of hydrogen-bond acceptors (Lipinski definition) is 4. The maximum absolute atomic E-state index is 10.1. The molecule has 0 unspecified atom stereocenters. The molecule has 11 heavy (non-hydrogen) atoms. The summed E-state index contributed by atoms with van der Waals surface area (Å²) in [5.74, 6) is 0.585. The second-order valence-electron chi connectivity index (χ2n) is 1.90. The molecule has 0 aromatic rings. The van der Waals surface area contributed by atoms with Gasteiger partial charge in [0.25, 0.3) is 0 Å². The van der Waals surface area contributed by atoms with Gasteiger partial charge < -0.3 is 14.2 Å². The average molecular weight is 156 g/mol. The molecule has 1 fully saturated rings. The largest absolute Gasteiger partial charge is 0.524 e. The van der Waals surface area contributed by atoms with Crippen LogP contribution in [0.2, 0.25) is 0 Å². The zero-order valence-corrected chi connectivity index (χ0v) is 6.12. The number of ether oxygens (including phenoxy) is 3. The summed E-state index contributed by atoms with van der Waals surface area (Å²) in [6.45, 7) is 5.47. The van der Waals surface area contributed by atoms with Crippen LogP contribution < -0.4 is 0 Å². The van der Waals surface area contributed by atoms with Crippen LogP contribution in [0.5, 0.6) is 0 Å². The SMILES string of the molecule is C=CCOC(C)=C1OC(=O)O1. The maximum atomic E-state index is 10.1. The van der Waals surface area contributed by atoms with Crippen molar-refractivity contribution < 1.29 is 19.0 Å². The van der Waals surface area contributed by atoms with Gasteiger partial charge in [-0.15, -0.1) is 0 Å². The molecule has 0 amide bonds. The predicted octanol–water partition coefficient (Wildman–Crippen LogP) is 1.54. The molecular weight excluding hydrogens is 148 g/mol. The first-order valence-electron chi connectivity index (χ1n) is 3.08. The topological polar surface area (TPSA) is 44.8 Å². The minimum absolute atomic E-state index is 0.136. The lowest BCUT2D eigenvalue weighted by Crippen LogP contribution is -2.22. The smallest absolute Gasteiger partial charge is 0.487 e. The molecule has 4 heteroatoms. The van der Waals surface area contributed by atoms with Gasteiger partial charge in [-0.1, -0.05) is 12.7 Å². The molecule has 1 saturated heterocycles. The van der Waals surface area contributed by atoms with E-state index in [0.29, 0.717) is 12.4 Å². The Morgan fingerprint density at radius 2 is 2.36 bits per heavy atom. The Labute approximate surface area is 64.0 Å². The summed E-state index contributed by atoms with van der Waals surface area (Å²) in [7, 11) is 0. The summed E-state index contributed by atoms with van der Waals surface area (Å²) >= 11 is 0. The van der Waals surface area contributed by atoms with Gasteiger partial charge in [0, 0.05) is 6.92 Å². The van der Waals surface area contributed by atoms with Gasteiger partial charge in [0.1, 0.15) is 6.61 Å². The minimum Gasteiger partial charge on any atom is -0.487 e. The van der Waals surface area contributed by atoms with Crippen LogP contribution in [0.25, 0.3) is 0 Å². The highest BCUT2D eigenvalue weighted by molar-refractivity contribution is 5.67. The molecule has 0 radical (unpaired) electrons. The van der Waals surface area contributed by atoms with Crippen LogP contribution in [0.15, 0.2) is 24.4 Å². The Morgan fingerprint density at radius 1 is 1.73 bits per heavy atom. The van der Waals surface area contributed by atoms with Gasteiger partial charge >= 0.3 is 12.1 Å². The third-order valence-electron chi connectivity index (χ3n) is 1.06. The van der Waals surface area contributed by atoms with Gasteiger partial charge in [0.15, 0.2) is 5.76 Å². The zero-order valence-electron chi connectivity index (χ0n) is 6.12. The van der Waals surface area contributed by atoms with Crippen molar-refractivity contribution >= 4 is 6.16 Å². The fraction of sp³-hybridized carbons (Fsp3) is 0.286. The molecule has 1 aliphatic rings. The van der Waals surface area contributed by atoms with Crippen molar-refractivity contribution in [2.75, 3.05) is 6.61 Å². The van der Waals surface area contributed by atoms with E-state index in [1.165, 1.54) is 0 Å². The van der Waals surface area contributed by atoms with Gasteiger partial charge in [0.2, 0.25) is 0 Å². The summed E-state index contributed by atoms with van der Waals surface area (Å²) < 4.78 is 13.9. The fourth-order valence-corrected chi connectivity index (χ4v) is 0.546. The number of carbonyl (C=O) groups is 1. The normalized spacial score (nSPS) is 14.3. The zero-order chi connectivity index (χ0) is 8.27. The second-order valence-corrected chi connectivity index (χ2v) is 1.90. The van der Waals surface area contributed by atoms with E-state index in [4.69, 9.17) is 4.74 Å². The highest BCUT2D eigenvalue weighted by Gasteiger charge is 2.27. The van der Waals surface area contributed by atoms with E-state index in [-0.39, 0.29) is 5.95 Å². The van der Waals surface area contributed by atoms with Crippen molar-refractivity contribution in [3.8, 4) is 0 Å². The number of hydrogen-bond donors (Lipinski definition) is 0. The number of carbonyl (C=O) groups excluding carboxylic acids is 1. The van der Waals surface area contributed by atoms with E-state index in [9.17, 15) is 4.79 Å². The van der Waals surface area contributed by atoms with Crippen molar-refractivity contribution in [3.05, 3.63) is 24.4 Å². The monoisotopic (exact) mass is 156 g/mol. The van der Waals surface area contributed by atoms with Crippen molar-refractivity contribution in [3.63, 3.8) is 0 Å². The van der Waals surface area contributed by atoms with Crippen LogP contribution in [0.3, 0.4) is 0 Å². The van der Waals surface area contributed by atoms with Crippen molar-refractivity contribution in [2.24, 2.45) is 0 Å². The molecule has 0 N–H and O–H groups in total. The Bertz CT molecular complexity index is 206. The number of allylic oxidation sites excluding steroid dienone is 1. The molecule has 0 spiro atoms. The molecule has 0 atom stereocenters. The van der Waals surface area contributed by atoms with Crippen LogP contribution in [-0.2, 0) is 14.2 Å². The van der Waals surface area contributed by atoms with Gasteiger partial charge in [0.05, 0.1) is 0 Å². The van der Waals surface area contributed by atoms with E-state index in [0.717, 1.165) is 0 Å². The predicted molar refractivity (Wildman–Crippen MR) is 36.4 cm³/mol. The Hall–Kier alpha value is -1.45. The molecular formula is C7H8O4. The first-order valence-corrected chi connectivity index (χ1v) is 3.08. The summed E-state index contributed by atoms with van der Waals surface area (Å²) in [6.07, 6.45) is 0.895. The van der Waals surface area contributed by atoms with Crippen molar-refractivity contribution in [2.45, 2.75) is 6.92 Å². The van der Waals surface area contributed by atoms with E-state index >= 15 is 0 Å². The first-order chi connectivity index (χ1) is 5.24. The second kappa shape index (κ2) is 3.09. The molecule has 1 heterocycles. The number of cyclic esters (lactones) is 2. The van der Waals surface area contributed by atoms with Gasteiger partial charge in [-0.3, -0.25) is 0 Å². The molecule has 0 aliphatic carbocycles. The van der Waals surface area contributed by atoms with Crippen LogP contribution in [-0.4, -0.2) is 12.8 Å². The van der Waals surface area contributed by atoms with Crippen LogP contribution in [0, 0.1) is 0 Å². The van der Waals surface area contributed by atoms with Gasteiger partial charge in [-0.25, -0.2) is 4.79 Å². The highest BCUT2D eigenvalue weighted by atomic mass is 16.9. The summed E-state index contributed by atoms with van der Waals surface area (Å²) in [5.41, 5.74) is 0. The van der Waals surface area contributed by atoms with Crippen LogP contribution in [0.1, 0.15) is 6.92 Å². The lowest BCUT2D eigenvalue weighted by molar-refractivity contribution is -0.0394. The summed E-state index contributed by atoms with van der Waals surface area (Å²) in [5, 5.41) is 0. The quantitative estimate of drug-likeness (QED) is 0.353. The van der Waals surface area contributed by atoms with Crippen molar-refractivity contribution in [1.82, 2.24) is 0 Å². The summed E-state index contributed by atoms with van der Waals surface area (Å²) in [6, 6.07) is 0.